The molecule has 2 nitrogen and oxygen atoms in total. The van der Waals surface area contributed by atoms with Gasteiger partial charge < -0.3 is 0 Å². The van der Waals surface area contributed by atoms with Crippen LogP contribution in [0.5, 0.6) is 0 Å². The molecular formula is C19H16Cl2FeN2S. The van der Waals surface area contributed by atoms with Gasteiger partial charge in [0.1, 0.15) is 0 Å². The van der Waals surface area contributed by atoms with Gasteiger partial charge in [-0.2, -0.15) is 0 Å². The summed E-state index contributed by atoms with van der Waals surface area (Å²) in [6.07, 6.45) is 3.79. The summed E-state index contributed by atoms with van der Waals surface area (Å²) in [7, 11) is 9.53. The van der Waals surface area contributed by atoms with Gasteiger partial charge in [-0.1, -0.05) is 35.9 Å². The van der Waals surface area contributed by atoms with E-state index in [2.05, 4.69) is 41.2 Å². The van der Waals surface area contributed by atoms with E-state index in [0.717, 1.165) is 21.1 Å². The van der Waals surface area contributed by atoms with Crippen molar-refractivity contribution in [3.63, 3.8) is 0 Å². The molecule has 25 heavy (non-hydrogen) atoms. The molecule has 130 valence electrons. The predicted molar refractivity (Wildman–Crippen MR) is 108 cm³/mol. The molecule has 0 atom stereocenters. The number of hydrogen-bond acceptors (Lipinski definition) is 3. The van der Waals surface area contributed by atoms with E-state index in [-0.39, 0.29) is 13.1 Å². The van der Waals surface area contributed by atoms with Crippen molar-refractivity contribution >= 4 is 55.3 Å². The number of thiophene rings is 1. The number of para-hydroxylation sites is 1. The van der Waals surface area contributed by atoms with Gasteiger partial charge in [0.2, 0.25) is 0 Å². The molecule has 0 spiro atoms. The quantitative estimate of drug-likeness (QED) is 0.316. The standard InChI is InChI=1S/C19H16N2S.2ClH.Fe/c1-15-7-9-17(10-8-15)21-14-19-12-11-18(22-19)13-20-16-5-3-2-4-6-16;;;/h2-14H,1H3;2*1H;/q;;;+2/p-2. The molecule has 0 aliphatic carbocycles. The molecule has 3 aromatic rings. The van der Waals surface area contributed by atoms with E-state index in [9.17, 15) is 0 Å². The third kappa shape index (κ3) is 7.55. The Bertz CT molecular complexity index is 815. The fourth-order valence-corrected chi connectivity index (χ4v) is 2.68. The first-order chi connectivity index (χ1) is 12.2. The zero-order chi connectivity index (χ0) is 17.9. The Balaban J connectivity index is 0.000000701. The normalized spacial score (nSPS) is 11.0. The van der Waals surface area contributed by atoms with Crippen LogP contribution in [-0.2, 0) is 13.1 Å². The monoisotopic (exact) mass is 430 g/mol. The second-order valence-corrected chi connectivity index (χ2v) is 7.95. The van der Waals surface area contributed by atoms with Crippen molar-refractivity contribution in [2.75, 3.05) is 0 Å². The van der Waals surface area contributed by atoms with Crippen molar-refractivity contribution in [3.8, 4) is 0 Å². The molecule has 1 heterocycles. The number of halogens is 2. The molecule has 0 aliphatic rings. The molecular weight excluding hydrogens is 415 g/mol. The van der Waals surface area contributed by atoms with Crippen LogP contribution in [-0.4, -0.2) is 12.4 Å². The van der Waals surface area contributed by atoms with Crippen molar-refractivity contribution in [3.05, 3.63) is 82.0 Å². The Hall–Kier alpha value is -1.42. The van der Waals surface area contributed by atoms with Crippen LogP contribution in [0.2, 0.25) is 0 Å². The minimum atomic E-state index is 0.194. The SMILES string of the molecule is Cc1ccc(N=Cc2ccc(C=Nc3ccccc3)s2)cc1.[Cl][Fe][Cl]. The minimum absolute atomic E-state index is 0.194. The molecule has 0 bridgehead atoms. The number of aryl methyl sites for hydroxylation is 1. The fourth-order valence-electron chi connectivity index (χ4n) is 1.93. The number of aliphatic imine (C=N–C) groups is 2. The van der Waals surface area contributed by atoms with Crippen molar-refractivity contribution < 1.29 is 13.1 Å². The molecule has 6 heteroatoms. The molecule has 0 amide bonds. The summed E-state index contributed by atoms with van der Waals surface area (Å²) < 4.78 is 0. The number of nitrogens with zero attached hydrogens (tertiary/aromatic N) is 2. The molecule has 0 unspecified atom stereocenters. The first kappa shape index (κ1) is 19.9. The van der Waals surface area contributed by atoms with Crippen LogP contribution in [0, 0.1) is 6.92 Å². The van der Waals surface area contributed by atoms with Gasteiger partial charge in [-0.05, 0) is 43.3 Å². The van der Waals surface area contributed by atoms with Crippen molar-refractivity contribution in [2.24, 2.45) is 9.98 Å². The van der Waals surface area contributed by atoms with Gasteiger partial charge in [0.05, 0.1) is 11.4 Å². The summed E-state index contributed by atoms with van der Waals surface area (Å²) in [5, 5.41) is 0. The summed E-state index contributed by atoms with van der Waals surface area (Å²) in [5.74, 6) is 0. The number of hydrogen-bond donors (Lipinski definition) is 0. The van der Waals surface area contributed by atoms with E-state index < -0.39 is 0 Å². The Kier molecular flexibility index (Phi) is 8.95. The molecule has 0 radical (unpaired) electrons. The van der Waals surface area contributed by atoms with Gasteiger partial charge in [-0.3, -0.25) is 9.98 Å². The first-order valence-corrected chi connectivity index (χ1v) is 11.2. The maximum absolute atomic E-state index is 4.76. The zero-order valence-corrected chi connectivity index (χ0v) is 16.9. The van der Waals surface area contributed by atoms with Gasteiger partial charge in [0.15, 0.2) is 0 Å². The average Bonchev–Trinajstić information content (AvgIpc) is 3.09. The van der Waals surface area contributed by atoms with Crippen LogP contribution < -0.4 is 0 Å². The van der Waals surface area contributed by atoms with Gasteiger partial charge in [0.25, 0.3) is 0 Å². The molecule has 1 aromatic heterocycles. The second-order valence-electron chi connectivity index (χ2n) is 4.98. The van der Waals surface area contributed by atoms with Crippen LogP contribution in [0.3, 0.4) is 0 Å². The number of benzene rings is 2. The van der Waals surface area contributed by atoms with E-state index in [1.807, 2.05) is 54.9 Å². The zero-order valence-electron chi connectivity index (χ0n) is 13.4. The van der Waals surface area contributed by atoms with Gasteiger partial charge in [0, 0.05) is 22.2 Å². The molecule has 0 N–H and O–H groups in total. The first-order valence-electron chi connectivity index (χ1n) is 7.36. The summed E-state index contributed by atoms with van der Waals surface area (Å²) >= 11 is 1.87. The Morgan fingerprint density at radius 2 is 1.24 bits per heavy atom. The van der Waals surface area contributed by atoms with Crippen LogP contribution in [0.25, 0.3) is 0 Å². The van der Waals surface area contributed by atoms with Crippen LogP contribution in [0.15, 0.2) is 76.7 Å². The maximum atomic E-state index is 4.76. The summed E-state index contributed by atoms with van der Waals surface area (Å²) in [4.78, 5) is 11.2. The predicted octanol–water partition coefficient (Wildman–Crippen LogP) is 6.93. The molecule has 3 rings (SSSR count). The Morgan fingerprint density at radius 1 is 0.760 bits per heavy atom. The van der Waals surface area contributed by atoms with E-state index in [1.165, 1.54) is 5.56 Å². The van der Waals surface area contributed by atoms with Crippen LogP contribution >= 0.6 is 31.5 Å². The van der Waals surface area contributed by atoms with Crippen LogP contribution in [0.1, 0.15) is 15.3 Å². The molecule has 0 fully saturated rings. The van der Waals surface area contributed by atoms with E-state index >= 15 is 0 Å². The fraction of sp³-hybridized carbons (Fsp3) is 0.0526. The van der Waals surface area contributed by atoms with E-state index in [4.69, 9.17) is 20.2 Å². The van der Waals surface area contributed by atoms with Crippen molar-refractivity contribution in [1.29, 1.82) is 0 Å². The van der Waals surface area contributed by atoms with Crippen molar-refractivity contribution in [2.45, 2.75) is 6.92 Å². The molecule has 0 aliphatic heterocycles. The summed E-state index contributed by atoms with van der Waals surface area (Å²) in [6, 6.07) is 22.3. The van der Waals surface area contributed by atoms with E-state index in [1.54, 1.807) is 11.3 Å². The average molecular weight is 431 g/mol. The van der Waals surface area contributed by atoms with Gasteiger partial charge in [-0.15, -0.1) is 11.3 Å². The molecule has 2 aromatic carbocycles. The van der Waals surface area contributed by atoms with Crippen LogP contribution in [0.4, 0.5) is 11.4 Å². The summed E-state index contributed by atoms with van der Waals surface area (Å²) in [6.45, 7) is 2.07. The third-order valence-electron chi connectivity index (χ3n) is 3.12. The van der Waals surface area contributed by atoms with Crippen molar-refractivity contribution in [1.82, 2.24) is 0 Å². The van der Waals surface area contributed by atoms with Gasteiger partial charge in [-0.25, -0.2) is 0 Å². The Morgan fingerprint density at radius 3 is 1.76 bits per heavy atom. The third-order valence-corrected chi connectivity index (χ3v) is 4.07. The molecule has 0 saturated heterocycles. The van der Waals surface area contributed by atoms with E-state index in [0.29, 0.717) is 0 Å². The summed E-state index contributed by atoms with van der Waals surface area (Å²) in [5.41, 5.74) is 3.18. The second kappa shape index (κ2) is 11.2. The Labute approximate surface area is 166 Å². The number of rotatable bonds is 4. The topological polar surface area (TPSA) is 24.7 Å². The molecule has 0 saturated carbocycles. The van der Waals surface area contributed by atoms with Gasteiger partial charge >= 0.3 is 33.3 Å².